The van der Waals surface area contributed by atoms with Crippen molar-refractivity contribution in [1.29, 1.82) is 0 Å². The minimum atomic E-state index is -4.35. The molecule has 0 saturated carbocycles. The first kappa shape index (κ1) is 16.5. The maximum absolute atomic E-state index is 13.2. The predicted molar refractivity (Wildman–Crippen MR) is 83.6 cm³/mol. The second kappa shape index (κ2) is 6.63. The number of halogens is 3. The molecule has 3 nitrogen and oxygen atoms in total. The molecule has 24 heavy (non-hydrogen) atoms. The average Bonchev–Trinajstić information content (AvgIpc) is 2.61. The van der Waals surface area contributed by atoms with Gasteiger partial charge >= 0.3 is 6.18 Å². The fraction of sp³-hybridized carbons (Fsp3) is 0.333. The summed E-state index contributed by atoms with van der Waals surface area (Å²) in [5, 5.41) is 0. The first-order chi connectivity index (χ1) is 11.5. The largest absolute Gasteiger partial charge is 0.416 e. The molecular weight excluding hydrogens is 317 g/mol. The molecule has 0 aliphatic carbocycles. The molecule has 2 aromatic rings. The molecule has 0 radical (unpaired) electrons. The van der Waals surface area contributed by atoms with Crippen molar-refractivity contribution in [3.05, 3.63) is 65.5 Å². The molecule has 126 valence electrons. The van der Waals surface area contributed by atoms with Crippen LogP contribution >= 0.6 is 0 Å². The van der Waals surface area contributed by atoms with Gasteiger partial charge in [0.2, 0.25) is 0 Å². The lowest BCUT2D eigenvalue weighted by Gasteiger charge is -2.33. The summed E-state index contributed by atoms with van der Waals surface area (Å²) in [5.41, 5.74) is 0.271. The summed E-state index contributed by atoms with van der Waals surface area (Å²) in [6.45, 7) is 0.898. The van der Waals surface area contributed by atoms with Gasteiger partial charge in [-0.05, 0) is 42.5 Å². The summed E-state index contributed by atoms with van der Waals surface area (Å²) in [4.78, 5) is 18.0. The van der Waals surface area contributed by atoms with Gasteiger partial charge in [-0.25, -0.2) is 0 Å². The highest BCUT2D eigenvalue weighted by molar-refractivity contribution is 5.93. The SMILES string of the molecule is O=C(c1cccnc1)N1CCC(c2ccccc2C(F)(F)F)CC1. The molecule has 1 aromatic heterocycles. The van der Waals surface area contributed by atoms with Crippen LogP contribution in [0.4, 0.5) is 13.2 Å². The standard InChI is InChI=1S/C18H17F3N2O/c19-18(20,21)16-6-2-1-5-15(16)13-7-10-23(11-8-13)17(24)14-4-3-9-22-12-14/h1-6,9,12-13H,7-8,10-11H2. The minimum Gasteiger partial charge on any atom is -0.339 e. The molecule has 0 bridgehead atoms. The first-order valence-electron chi connectivity index (χ1n) is 7.82. The average molecular weight is 334 g/mol. The molecule has 1 fully saturated rings. The molecule has 0 unspecified atom stereocenters. The number of hydrogen-bond acceptors (Lipinski definition) is 2. The number of carbonyl (C=O) groups is 1. The van der Waals surface area contributed by atoms with Crippen molar-refractivity contribution in [2.75, 3.05) is 13.1 Å². The van der Waals surface area contributed by atoms with Gasteiger partial charge in [-0.3, -0.25) is 9.78 Å². The number of nitrogens with zero attached hydrogens (tertiary/aromatic N) is 2. The van der Waals surface area contributed by atoms with Crippen LogP contribution in [0.2, 0.25) is 0 Å². The third-order valence-electron chi connectivity index (χ3n) is 4.40. The van der Waals surface area contributed by atoms with Crippen LogP contribution in [0.15, 0.2) is 48.8 Å². The smallest absolute Gasteiger partial charge is 0.339 e. The third kappa shape index (κ3) is 3.42. The third-order valence-corrected chi connectivity index (χ3v) is 4.40. The second-order valence-corrected chi connectivity index (χ2v) is 5.89. The molecule has 1 aliphatic rings. The van der Waals surface area contributed by atoms with E-state index >= 15 is 0 Å². The van der Waals surface area contributed by atoms with Gasteiger partial charge in [0.1, 0.15) is 0 Å². The second-order valence-electron chi connectivity index (χ2n) is 5.89. The van der Waals surface area contributed by atoms with Crippen molar-refractivity contribution in [3.63, 3.8) is 0 Å². The van der Waals surface area contributed by atoms with E-state index < -0.39 is 11.7 Å². The molecule has 0 spiro atoms. The number of hydrogen-bond donors (Lipinski definition) is 0. The number of alkyl halides is 3. The summed E-state index contributed by atoms with van der Waals surface area (Å²) in [5.74, 6) is -0.300. The highest BCUT2D eigenvalue weighted by Gasteiger charge is 2.36. The van der Waals surface area contributed by atoms with Crippen LogP contribution in [0, 0.1) is 0 Å². The Balaban J connectivity index is 1.71. The number of benzene rings is 1. The van der Waals surface area contributed by atoms with E-state index in [9.17, 15) is 18.0 Å². The molecule has 1 saturated heterocycles. The Kier molecular flexibility index (Phi) is 4.55. The highest BCUT2D eigenvalue weighted by atomic mass is 19.4. The summed E-state index contributed by atoms with van der Waals surface area (Å²) in [6.07, 6.45) is -0.193. The number of amides is 1. The minimum absolute atomic E-state index is 0.120. The first-order valence-corrected chi connectivity index (χ1v) is 7.82. The Morgan fingerprint density at radius 2 is 1.79 bits per heavy atom. The maximum atomic E-state index is 13.2. The summed E-state index contributed by atoms with van der Waals surface area (Å²) >= 11 is 0. The Bertz CT molecular complexity index is 708. The lowest BCUT2D eigenvalue weighted by atomic mass is 9.86. The van der Waals surface area contributed by atoms with Gasteiger partial charge in [0.25, 0.3) is 5.91 Å². The zero-order chi connectivity index (χ0) is 17.2. The van der Waals surface area contributed by atoms with Crippen molar-refractivity contribution in [2.24, 2.45) is 0 Å². The molecule has 1 aromatic carbocycles. The van der Waals surface area contributed by atoms with E-state index in [2.05, 4.69) is 4.98 Å². The number of likely N-dealkylation sites (tertiary alicyclic amines) is 1. The van der Waals surface area contributed by atoms with E-state index in [1.165, 1.54) is 12.3 Å². The molecule has 1 amide bonds. The number of rotatable bonds is 2. The van der Waals surface area contributed by atoms with Crippen LogP contribution in [0.5, 0.6) is 0 Å². The molecule has 6 heteroatoms. The van der Waals surface area contributed by atoms with Crippen LogP contribution < -0.4 is 0 Å². The van der Waals surface area contributed by atoms with E-state index in [0.717, 1.165) is 6.07 Å². The Morgan fingerprint density at radius 1 is 1.08 bits per heavy atom. The van der Waals surface area contributed by atoms with E-state index in [-0.39, 0.29) is 11.8 Å². The van der Waals surface area contributed by atoms with Crippen LogP contribution in [-0.2, 0) is 6.18 Å². The maximum Gasteiger partial charge on any atom is 0.416 e. The van der Waals surface area contributed by atoms with Crippen LogP contribution in [0.3, 0.4) is 0 Å². The number of pyridine rings is 1. The molecule has 3 rings (SSSR count). The van der Waals surface area contributed by atoms with E-state index in [1.807, 2.05) is 0 Å². The fourth-order valence-corrected chi connectivity index (χ4v) is 3.18. The fourth-order valence-electron chi connectivity index (χ4n) is 3.18. The monoisotopic (exact) mass is 334 g/mol. The molecular formula is C18H17F3N2O. The summed E-state index contributed by atoms with van der Waals surface area (Å²) < 4.78 is 39.5. The van der Waals surface area contributed by atoms with Crippen molar-refractivity contribution in [1.82, 2.24) is 9.88 Å². The number of carbonyl (C=O) groups excluding carboxylic acids is 1. The predicted octanol–water partition coefficient (Wildman–Crippen LogP) is 4.12. The molecule has 0 atom stereocenters. The topological polar surface area (TPSA) is 33.2 Å². The number of piperidine rings is 1. The van der Waals surface area contributed by atoms with Crippen molar-refractivity contribution in [2.45, 2.75) is 24.9 Å². The Hall–Kier alpha value is -2.37. The highest BCUT2D eigenvalue weighted by Crippen LogP contribution is 2.38. The quantitative estimate of drug-likeness (QED) is 0.828. The van der Waals surface area contributed by atoms with Crippen LogP contribution in [0.25, 0.3) is 0 Å². The van der Waals surface area contributed by atoms with E-state index in [0.29, 0.717) is 37.1 Å². The van der Waals surface area contributed by atoms with Crippen LogP contribution in [-0.4, -0.2) is 28.9 Å². The van der Waals surface area contributed by atoms with Gasteiger partial charge in [-0.15, -0.1) is 0 Å². The molecule has 1 aliphatic heterocycles. The Morgan fingerprint density at radius 3 is 2.42 bits per heavy atom. The summed E-state index contributed by atoms with van der Waals surface area (Å²) in [6, 6.07) is 9.11. The van der Waals surface area contributed by atoms with Crippen molar-refractivity contribution >= 4 is 5.91 Å². The van der Waals surface area contributed by atoms with Gasteiger partial charge in [0, 0.05) is 25.5 Å². The van der Waals surface area contributed by atoms with Crippen molar-refractivity contribution in [3.8, 4) is 0 Å². The van der Waals surface area contributed by atoms with Gasteiger partial charge < -0.3 is 4.90 Å². The zero-order valence-electron chi connectivity index (χ0n) is 13.0. The lowest BCUT2D eigenvalue weighted by molar-refractivity contribution is -0.138. The van der Waals surface area contributed by atoms with E-state index in [4.69, 9.17) is 0 Å². The zero-order valence-corrected chi connectivity index (χ0v) is 13.0. The lowest BCUT2D eigenvalue weighted by Crippen LogP contribution is -2.38. The van der Waals surface area contributed by atoms with Gasteiger partial charge in [-0.1, -0.05) is 18.2 Å². The molecule has 2 heterocycles. The van der Waals surface area contributed by atoms with Crippen LogP contribution in [0.1, 0.15) is 40.2 Å². The van der Waals surface area contributed by atoms with Gasteiger partial charge in [0.05, 0.1) is 11.1 Å². The van der Waals surface area contributed by atoms with E-state index in [1.54, 1.807) is 35.4 Å². The summed E-state index contributed by atoms with van der Waals surface area (Å²) in [7, 11) is 0. The van der Waals surface area contributed by atoms with Gasteiger partial charge in [-0.2, -0.15) is 13.2 Å². The molecule has 0 N–H and O–H groups in total. The Labute approximate surface area is 138 Å². The van der Waals surface area contributed by atoms with Crippen molar-refractivity contribution < 1.29 is 18.0 Å². The van der Waals surface area contributed by atoms with Gasteiger partial charge in [0.15, 0.2) is 0 Å². The normalized spacial score (nSPS) is 16.2. The number of aromatic nitrogens is 1.